The number of nitrogens with zero attached hydrogens (tertiary/aromatic N) is 5. The molecule has 3 heterocycles. The van der Waals surface area contributed by atoms with Gasteiger partial charge in [-0.2, -0.15) is 4.31 Å². The minimum absolute atomic E-state index is 0.0695. The monoisotopic (exact) mass is 497 g/mol. The van der Waals surface area contributed by atoms with Crippen molar-refractivity contribution in [3.63, 3.8) is 0 Å². The van der Waals surface area contributed by atoms with E-state index in [1.165, 1.54) is 4.31 Å². The van der Waals surface area contributed by atoms with E-state index in [0.717, 1.165) is 36.5 Å². The Morgan fingerprint density at radius 2 is 1.69 bits per heavy atom. The molecule has 2 aliphatic rings. The molecule has 0 unspecified atom stereocenters. The number of piperazine rings is 1. The third-order valence-electron chi connectivity index (χ3n) is 6.77. The van der Waals surface area contributed by atoms with Gasteiger partial charge in [-0.1, -0.05) is 18.2 Å². The van der Waals surface area contributed by atoms with Gasteiger partial charge in [-0.05, 0) is 37.3 Å². The molecule has 9 nitrogen and oxygen atoms in total. The lowest BCUT2D eigenvalue weighted by Gasteiger charge is -2.34. The van der Waals surface area contributed by atoms with E-state index in [1.807, 2.05) is 41.3 Å². The van der Waals surface area contributed by atoms with Gasteiger partial charge in [0.15, 0.2) is 0 Å². The molecule has 0 bridgehead atoms. The van der Waals surface area contributed by atoms with Crippen LogP contribution in [0.25, 0.3) is 11.0 Å². The Morgan fingerprint density at radius 3 is 2.37 bits per heavy atom. The fourth-order valence-electron chi connectivity index (χ4n) is 4.80. The zero-order valence-electron chi connectivity index (χ0n) is 20.0. The van der Waals surface area contributed by atoms with Crippen molar-refractivity contribution < 1.29 is 17.9 Å². The van der Waals surface area contributed by atoms with Crippen LogP contribution in [0.5, 0.6) is 0 Å². The molecule has 0 aliphatic carbocycles. The molecule has 2 aliphatic heterocycles. The summed E-state index contributed by atoms with van der Waals surface area (Å²) in [6.07, 6.45) is 0. The summed E-state index contributed by atoms with van der Waals surface area (Å²) in [5.74, 6) is 0.978. The average Bonchev–Trinajstić information content (AvgIpc) is 3.25. The molecular weight excluding hydrogens is 466 g/mol. The molecule has 186 valence electrons. The van der Waals surface area contributed by atoms with Crippen LogP contribution < -0.4 is 0 Å². The van der Waals surface area contributed by atoms with Crippen molar-refractivity contribution in [2.24, 2.45) is 0 Å². The summed E-state index contributed by atoms with van der Waals surface area (Å²) < 4.78 is 35.1. The maximum absolute atomic E-state index is 13.1. The van der Waals surface area contributed by atoms with Crippen molar-refractivity contribution in [2.75, 3.05) is 52.5 Å². The van der Waals surface area contributed by atoms with Gasteiger partial charge >= 0.3 is 0 Å². The number of hydrogen-bond acceptors (Lipinski definition) is 6. The Labute approximate surface area is 205 Å². The summed E-state index contributed by atoms with van der Waals surface area (Å²) in [5.41, 5.74) is 2.34. The molecular formula is C25H31N5O4S. The average molecular weight is 498 g/mol. The number of sulfonamides is 1. The van der Waals surface area contributed by atoms with Crippen molar-refractivity contribution in [1.82, 2.24) is 23.7 Å². The lowest BCUT2D eigenvalue weighted by atomic mass is 10.2. The van der Waals surface area contributed by atoms with Gasteiger partial charge in [-0.15, -0.1) is 0 Å². The SMILES string of the molecule is CCn1c(CN2CCN(C(=O)c3ccccc3)CC2)nc2cc(S(=O)(=O)N3CCOCC3)ccc21. The predicted octanol–water partition coefficient (Wildman–Crippen LogP) is 2.04. The largest absolute Gasteiger partial charge is 0.379 e. The van der Waals surface area contributed by atoms with Crippen LogP contribution in [0.1, 0.15) is 23.1 Å². The summed E-state index contributed by atoms with van der Waals surface area (Å²) >= 11 is 0. The number of carbonyl (C=O) groups is 1. The molecule has 0 radical (unpaired) electrons. The molecule has 1 aromatic heterocycles. The summed E-state index contributed by atoms with van der Waals surface area (Å²) in [5, 5.41) is 0. The zero-order chi connectivity index (χ0) is 24.4. The Kier molecular flexibility index (Phi) is 6.88. The van der Waals surface area contributed by atoms with Gasteiger partial charge in [0.2, 0.25) is 10.0 Å². The van der Waals surface area contributed by atoms with Gasteiger partial charge < -0.3 is 14.2 Å². The van der Waals surface area contributed by atoms with Gasteiger partial charge in [-0.25, -0.2) is 13.4 Å². The number of ether oxygens (including phenoxy) is 1. The number of benzene rings is 2. The summed E-state index contributed by atoms with van der Waals surface area (Å²) in [6.45, 7) is 7.91. The highest BCUT2D eigenvalue weighted by molar-refractivity contribution is 7.89. The third-order valence-corrected chi connectivity index (χ3v) is 8.66. The van der Waals surface area contributed by atoms with Crippen LogP contribution in [0.2, 0.25) is 0 Å². The van der Waals surface area contributed by atoms with Gasteiger partial charge in [0, 0.05) is 51.4 Å². The maximum Gasteiger partial charge on any atom is 0.253 e. The van der Waals surface area contributed by atoms with Gasteiger partial charge in [-0.3, -0.25) is 9.69 Å². The molecule has 0 spiro atoms. The standard InChI is InChI=1S/C25H31N5O4S/c1-2-30-23-9-8-21(35(32,33)29-14-16-34-17-15-29)18-22(23)26-24(30)19-27-10-12-28(13-11-27)25(31)20-6-4-3-5-7-20/h3-9,18H,2,10-17,19H2,1H3. The second-order valence-corrected chi connectivity index (χ2v) is 10.8. The number of fused-ring (bicyclic) bond motifs is 1. The van der Waals surface area contributed by atoms with Gasteiger partial charge in [0.25, 0.3) is 5.91 Å². The summed E-state index contributed by atoms with van der Waals surface area (Å²) in [4.78, 5) is 22.0. The van der Waals surface area contributed by atoms with Crippen molar-refractivity contribution in [3.8, 4) is 0 Å². The first-order valence-electron chi connectivity index (χ1n) is 12.1. The first-order chi connectivity index (χ1) is 17.0. The molecule has 0 saturated carbocycles. The molecule has 0 N–H and O–H groups in total. The lowest BCUT2D eigenvalue weighted by molar-refractivity contribution is 0.0624. The van der Waals surface area contributed by atoms with E-state index < -0.39 is 10.0 Å². The third kappa shape index (κ3) is 4.84. The Balaban J connectivity index is 1.30. The zero-order valence-corrected chi connectivity index (χ0v) is 20.8. The number of aryl methyl sites for hydroxylation is 1. The molecule has 10 heteroatoms. The predicted molar refractivity (Wildman–Crippen MR) is 133 cm³/mol. The highest BCUT2D eigenvalue weighted by Gasteiger charge is 2.28. The number of aromatic nitrogens is 2. The molecule has 3 aromatic rings. The van der Waals surface area contributed by atoms with E-state index in [1.54, 1.807) is 12.1 Å². The molecule has 0 atom stereocenters. The van der Waals surface area contributed by atoms with Crippen LogP contribution in [0.15, 0.2) is 53.4 Å². The van der Waals surface area contributed by atoms with Gasteiger partial charge in [0.05, 0.1) is 35.7 Å². The maximum atomic E-state index is 13.1. The Bertz CT molecular complexity index is 1290. The molecule has 35 heavy (non-hydrogen) atoms. The number of rotatable bonds is 6. The minimum atomic E-state index is -3.57. The van der Waals surface area contributed by atoms with Crippen LogP contribution in [0.3, 0.4) is 0 Å². The molecule has 2 aromatic carbocycles. The van der Waals surface area contributed by atoms with E-state index in [2.05, 4.69) is 16.4 Å². The van der Waals surface area contributed by atoms with Crippen LogP contribution >= 0.6 is 0 Å². The minimum Gasteiger partial charge on any atom is -0.379 e. The topological polar surface area (TPSA) is 88.0 Å². The van der Waals surface area contributed by atoms with Crippen LogP contribution in [0, 0.1) is 0 Å². The first-order valence-corrected chi connectivity index (χ1v) is 13.5. The van der Waals surface area contributed by atoms with Crippen molar-refractivity contribution in [2.45, 2.75) is 24.9 Å². The number of hydrogen-bond donors (Lipinski definition) is 0. The van der Waals surface area contributed by atoms with E-state index in [4.69, 9.17) is 9.72 Å². The van der Waals surface area contributed by atoms with Crippen LogP contribution in [0.4, 0.5) is 0 Å². The highest BCUT2D eigenvalue weighted by atomic mass is 32.2. The van der Waals surface area contributed by atoms with Crippen LogP contribution in [-0.2, 0) is 27.8 Å². The summed E-state index contributed by atoms with van der Waals surface area (Å²) in [6, 6.07) is 14.6. The van der Waals surface area contributed by atoms with E-state index in [0.29, 0.717) is 51.5 Å². The van der Waals surface area contributed by atoms with E-state index in [-0.39, 0.29) is 10.8 Å². The molecule has 2 fully saturated rings. The lowest BCUT2D eigenvalue weighted by Crippen LogP contribution is -2.48. The fourth-order valence-corrected chi connectivity index (χ4v) is 6.23. The molecule has 1 amide bonds. The smallest absolute Gasteiger partial charge is 0.253 e. The van der Waals surface area contributed by atoms with Crippen molar-refractivity contribution in [1.29, 1.82) is 0 Å². The van der Waals surface area contributed by atoms with Crippen molar-refractivity contribution >= 4 is 27.0 Å². The number of amides is 1. The van der Waals surface area contributed by atoms with Crippen molar-refractivity contribution in [3.05, 3.63) is 59.9 Å². The summed E-state index contributed by atoms with van der Waals surface area (Å²) in [7, 11) is -3.57. The van der Waals surface area contributed by atoms with E-state index >= 15 is 0 Å². The van der Waals surface area contributed by atoms with Gasteiger partial charge in [0.1, 0.15) is 5.82 Å². The number of morpholine rings is 1. The molecule has 5 rings (SSSR count). The first kappa shape index (κ1) is 23.9. The van der Waals surface area contributed by atoms with E-state index in [9.17, 15) is 13.2 Å². The number of imidazole rings is 1. The normalized spacial score (nSPS) is 18.3. The highest BCUT2D eigenvalue weighted by Crippen LogP contribution is 2.24. The molecule has 2 saturated heterocycles. The Hall–Kier alpha value is -2.79. The second kappa shape index (κ2) is 10.1. The quantitative estimate of drug-likeness (QED) is 0.518. The second-order valence-electron chi connectivity index (χ2n) is 8.87. The Morgan fingerprint density at radius 1 is 0.971 bits per heavy atom. The number of carbonyl (C=O) groups excluding carboxylic acids is 1. The van der Waals surface area contributed by atoms with Crippen LogP contribution in [-0.4, -0.2) is 90.5 Å². The fraction of sp³-hybridized carbons (Fsp3) is 0.440.